The molecule has 2 aliphatic rings. The number of fused-ring (bicyclic) bond motifs is 1. The predicted octanol–water partition coefficient (Wildman–Crippen LogP) is 4.43. The molecule has 1 saturated heterocycles. The molecule has 1 heterocycles. The van der Waals surface area contributed by atoms with Crippen molar-refractivity contribution >= 4 is 12.0 Å². The maximum absolute atomic E-state index is 10.9. The van der Waals surface area contributed by atoms with E-state index in [1.807, 2.05) is 0 Å². The van der Waals surface area contributed by atoms with Crippen LogP contribution in [0.4, 0.5) is 0 Å². The maximum Gasteiger partial charge on any atom is 0.309 e. The number of hydrogen-bond acceptors (Lipinski definition) is 3. The standard InChI is InChI=1S/C25H29NO3/c27-25(28)23-17-26(18-23)16-20-9-10-22-15-24(12-11-21(22)14-20)29-13-5-4-8-19-6-2-1-3-7-19/h1-3,6-7,11-12,14-15,23H,4-5,8-10,13,16-18H2,(H,27,28). The van der Waals surface area contributed by atoms with Crippen LogP contribution >= 0.6 is 0 Å². The molecule has 4 heteroatoms. The summed E-state index contributed by atoms with van der Waals surface area (Å²) in [5.74, 6) is 0.114. The number of aliphatic carboxylic acids is 1. The van der Waals surface area contributed by atoms with Gasteiger partial charge >= 0.3 is 5.97 Å². The van der Waals surface area contributed by atoms with Crippen molar-refractivity contribution in [3.63, 3.8) is 0 Å². The largest absolute Gasteiger partial charge is 0.494 e. The van der Waals surface area contributed by atoms with E-state index in [1.54, 1.807) is 0 Å². The van der Waals surface area contributed by atoms with Crippen LogP contribution in [-0.2, 0) is 17.6 Å². The lowest BCUT2D eigenvalue weighted by Gasteiger charge is -2.37. The Kier molecular flexibility index (Phi) is 6.30. The Morgan fingerprint density at radius 1 is 1.07 bits per heavy atom. The van der Waals surface area contributed by atoms with Crippen molar-refractivity contribution < 1.29 is 14.6 Å². The van der Waals surface area contributed by atoms with Gasteiger partial charge in [0.1, 0.15) is 5.75 Å². The van der Waals surface area contributed by atoms with E-state index < -0.39 is 5.97 Å². The molecule has 0 bridgehead atoms. The number of likely N-dealkylation sites (tertiary alicyclic amines) is 1. The number of aryl methyl sites for hydroxylation is 2. The number of unbranched alkanes of at least 4 members (excludes halogenated alkanes) is 1. The van der Waals surface area contributed by atoms with E-state index in [9.17, 15) is 4.79 Å². The van der Waals surface area contributed by atoms with E-state index in [4.69, 9.17) is 9.84 Å². The Hall–Kier alpha value is -2.59. The molecule has 0 amide bonds. The van der Waals surface area contributed by atoms with E-state index in [1.165, 1.54) is 22.3 Å². The summed E-state index contributed by atoms with van der Waals surface area (Å²) in [5, 5.41) is 9.00. The van der Waals surface area contributed by atoms with Gasteiger partial charge < -0.3 is 9.84 Å². The summed E-state index contributed by atoms with van der Waals surface area (Å²) in [7, 11) is 0. The lowest BCUT2D eigenvalue weighted by molar-refractivity contribution is -0.147. The maximum atomic E-state index is 10.9. The molecule has 0 unspecified atom stereocenters. The molecule has 0 saturated carbocycles. The number of carboxylic acid groups (broad SMARTS) is 1. The average molecular weight is 392 g/mol. The second-order valence-electron chi connectivity index (χ2n) is 8.18. The molecule has 0 atom stereocenters. The normalized spacial score (nSPS) is 16.6. The third-order valence-electron chi connectivity index (χ3n) is 5.89. The Morgan fingerprint density at radius 2 is 1.90 bits per heavy atom. The highest BCUT2D eigenvalue weighted by atomic mass is 16.5. The molecule has 152 valence electrons. The molecule has 1 aliphatic heterocycles. The molecule has 2 aromatic carbocycles. The molecular formula is C25H29NO3. The van der Waals surface area contributed by atoms with Gasteiger partial charge in [0, 0.05) is 19.6 Å². The highest BCUT2D eigenvalue weighted by Crippen LogP contribution is 2.29. The first-order valence-corrected chi connectivity index (χ1v) is 10.6. The van der Waals surface area contributed by atoms with Gasteiger partial charge in [0.15, 0.2) is 0 Å². The molecule has 0 aromatic heterocycles. The van der Waals surface area contributed by atoms with E-state index in [0.717, 1.165) is 51.0 Å². The van der Waals surface area contributed by atoms with Gasteiger partial charge in [0.05, 0.1) is 12.5 Å². The van der Waals surface area contributed by atoms with Gasteiger partial charge in [-0.3, -0.25) is 9.69 Å². The third kappa shape index (κ3) is 5.27. The first-order chi connectivity index (χ1) is 14.2. The Morgan fingerprint density at radius 3 is 2.69 bits per heavy atom. The summed E-state index contributed by atoms with van der Waals surface area (Å²) in [5.41, 5.74) is 5.41. The van der Waals surface area contributed by atoms with Gasteiger partial charge in [-0.05, 0) is 60.9 Å². The number of benzene rings is 2. The van der Waals surface area contributed by atoms with Gasteiger partial charge in [0.2, 0.25) is 0 Å². The number of hydrogen-bond donors (Lipinski definition) is 1. The van der Waals surface area contributed by atoms with Crippen LogP contribution < -0.4 is 4.74 Å². The molecule has 1 fully saturated rings. The first-order valence-electron chi connectivity index (χ1n) is 10.6. The summed E-state index contributed by atoms with van der Waals surface area (Å²) in [6, 6.07) is 17.0. The Bertz CT molecular complexity index is 869. The minimum Gasteiger partial charge on any atom is -0.494 e. The summed E-state index contributed by atoms with van der Waals surface area (Å²) in [4.78, 5) is 13.2. The third-order valence-corrected chi connectivity index (χ3v) is 5.89. The van der Waals surface area contributed by atoms with Crippen LogP contribution in [0.5, 0.6) is 5.75 Å². The number of ether oxygens (including phenoxy) is 1. The average Bonchev–Trinajstić information content (AvgIpc) is 2.70. The zero-order valence-electron chi connectivity index (χ0n) is 16.8. The van der Waals surface area contributed by atoms with Crippen molar-refractivity contribution in [3.8, 4) is 5.75 Å². The fourth-order valence-corrected chi connectivity index (χ4v) is 4.15. The van der Waals surface area contributed by atoms with Crippen LogP contribution in [0, 0.1) is 5.92 Å². The van der Waals surface area contributed by atoms with Crippen molar-refractivity contribution in [3.05, 3.63) is 70.8 Å². The van der Waals surface area contributed by atoms with E-state index >= 15 is 0 Å². The fraction of sp³-hybridized carbons (Fsp3) is 0.400. The number of carboxylic acids is 1. The summed E-state index contributed by atoms with van der Waals surface area (Å²) in [6.45, 7) is 3.00. The Labute approximate surface area is 172 Å². The van der Waals surface area contributed by atoms with Crippen LogP contribution in [0.25, 0.3) is 6.08 Å². The summed E-state index contributed by atoms with van der Waals surface area (Å²) in [6.07, 6.45) is 7.65. The highest BCUT2D eigenvalue weighted by Gasteiger charge is 2.32. The van der Waals surface area contributed by atoms with Crippen LogP contribution in [0.2, 0.25) is 0 Å². The second kappa shape index (κ2) is 9.27. The number of rotatable bonds is 9. The van der Waals surface area contributed by atoms with Crippen molar-refractivity contribution in [1.29, 1.82) is 0 Å². The van der Waals surface area contributed by atoms with Gasteiger partial charge in [-0.25, -0.2) is 0 Å². The monoisotopic (exact) mass is 391 g/mol. The molecule has 1 N–H and O–H groups in total. The number of nitrogens with zero attached hydrogens (tertiary/aromatic N) is 1. The van der Waals surface area contributed by atoms with Gasteiger partial charge in [-0.15, -0.1) is 0 Å². The first kappa shape index (κ1) is 19.7. The molecule has 1 aliphatic carbocycles. The fourth-order valence-electron chi connectivity index (χ4n) is 4.15. The summed E-state index contributed by atoms with van der Waals surface area (Å²) < 4.78 is 5.98. The van der Waals surface area contributed by atoms with Gasteiger partial charge in [-0.2, -0.15) is 0 Å². The number of carbonyl (C=O) groups is 1. The minimum absolute atomic E-state index is 0.182. The second-order valence-corrected chi connectivity index (χ2v) is 8.18. The molecular weight excluding hydrogens is 362 g/mol. The van der Waals surface area contributed by atoms with Crippen molar-refractivity contribution in [2.75, 3.05) is 26.2 Å². The van der Waals surface area contributed by atoms with Crippen LogP contribution in [0.3, 0.4) is 0 Å². The van der Waals surface area contributed by atoms with Crippen molar-refractivity contribution in [2.45, 2.75) is 32.1 Å². The SMILES string of the molecule is O=C(O)C1CN(CC2=Cc3ccc(OCCCCc4ccccc4)cc3CC2)C1. The highest BCUT2D eigenvalue weighted by molar-refractivity contribution is 5.71. The molecule has 0 radical (unpaired) electrons. The van der Waals surface area contributed by atoms with Crippen molar-refractivity contribution in [1.82, 2.24) is 4.90 Å². The summed E-state index contributed by atoms with van der Waals surface area (Å²) >= 11 is 0. The van der Waals surface area contributed by atoms with Crippen LogP contribution in [-0.4, -0.2) is 42.2 Å². The van der Waals surface area contributed by atoms with Crippen molar-refractivity contribution in [2.24, 2.45) is 5.92 Å². The molecule has 0 spiro atoms. The predicted molar refractivity (Wildman–Crippen MR) is 115 cm³/mol. The zero-order valence-corrected chi connectivity index (χ0v) is 16.8. The van der Waals surface area contributed by atoms with Crippen LogP contribution in [0.15, 0.2) is 54.1 Å². The molecule has 4 rings (SSSR count). The van der Waals surface area contributed by atoms with E-state index in [0.29, 0.717) is 13.1 Å². The van der Waals surface area contributed by atoms with Gasteiger partial charge in [0.25, 0.3) is 0 Å². The lowest BCUT2D eigenvalue weighted by Crippen LogP contribution is -2.50. The molecule has 2 aromatic rings. The molecule has 29 heavy (non-hydrogen) atoms. The smallest absolute Gasteiger partial charge is 0.309 e. The minimum atomic E-state index is -0.670. The van der Waals surface area contributed by atoms with E-state index in [-0.39, 0.29) is 5.92 Å². The Balaban J connectivity index is 1.22. The van der Waals surface area contributed by atoms with Gasteiger partial charge in [-0.1, -0.05) is 48.0 Å². The van der Waals surface area contributed by atoms with Crippen LogP contribution in [0.1, 0.15) is 36.0 Å². The zero-order chi connectivity index (χ0) is 20.1. The topological polar surface area (TPSA) is 49.8 Å². The quantitative estimate of drug-likeness (QED) is 0.642. The molecule has 4 nitrogen and oxygen atoms in total. The lowest BCUT2D eigenvalue weighted by atomic mass is 9.90. The van der Waals surface area contributed by atoms with E-state index in [2.05, 4.69) is 59.5 Å².